The van der Waals surface area contributed by atoms with Crippen LogP contribution in [0.5, 0.6) is 0 Å². The van der Waals surface area contributed by atoms with Gasteiger partial charge in [-0.2, -0.15) is 0 Å². The SMILES string of the molecule is [2H]c1c([2H])c([2H])c(-c2c3c([2H])c([2H])c([2H])c([2H])c3c(-c3c([2H])c([2H])c4c([2H])c(-c5cccc6oc7ccc(-c8cccc9ccccc89)cc7c56)c([2H])c([2H])c4c3[2H])c3c([2H])c([2H])c([2H])c([2H])c23)c([2H])c1[2H]. The van der Waals surface area contributed by atoms with Crippen molar-refractivity contribution in [2.75, 3.05) is 0 Å². The summed E-state index contributed by atoms with van der Waals surface area (Å²) in [6, 6.07) is 9.40. The molecule has 0 fully saturated rings. The molecule has 1 aromatic heterocycles. The molecule has 0 bridgehead atoms. The van der Waals surface area contributed by atoms with E-state index in [1.807, 2.05) is 60.7 Å². The van der Waals surface area contributed by atoms with Crippen molar-refractivity contribution in [3.05, 3.63) is 194 Å². The Hall–Kier alpha value is -6.96. The van der Waals surface area contributed by atoms with E-state index in [1.165, 1.54) is 0 Å². The average Bonchev–Trinajstić information content (AvgIpc) is 3.76. The van der Waals surface area contributed by atoms with Crippen molar-refractivity contribution in [3.63, 3.8) is 0 Å². The first-order valence-electron chi connectivity index (χ1n) is 26.2. The molecular weight excluding hydrogens is 641 g/mol. The lowest BCUT2D eigenvalue weighted by molar-refractivity contribution is 0.669. The lowest BCUT2D eigenvalue weighted by Crippen LogP contribution is -1.90. The monoisotopic (exact) mass is 691 g/mol. The zero-order valence-electron chi connectivity index (χ0n) is 46.4. The van der Waals surface area contributed by atoms with E-state index in [-0.39, 0.29) is 10.9 Å². The van der Waals surface area contributed by atoms with Gasteiger partial charge in [-0.15, -0.1) is 0 Å². The highest BCUT2D eigenvalue weighted by molar-refractivity contribution is 6.22. The van der Waals surface area contributed by atoms with Crippen LogP contribution in [0.4, 0.5) is 0 Å². The van der Waals surface area contributed by atoms with Crippen molar-refractivity contribution in [1.82, 2.24) is 0 Å². The van der Waals surface area contributed by atoms with Crippen molar-refractivity contribution >= 4 is 65.0 Å². The molecule has 0 aliphatic carbocycles. The normalized spacial score (nSPS) is 16.8. The fourth-order valence-corrected chi connectivity index (χ4v) is 7.31. The minimum atomic E-state index is -0.871. The van der Waals surface area contributed by atoms with E-state index >= 15 is 0 Å². The molecule has 0 atom stereocenters. The summed E-state index contributed by atoms with van der Waals surface area (Å²) in [5, 5.41) is -0.0298. The largest absolute Gasteiger partial charge is 0.456 e. The van der Waals surface area contributed by atoms with Crippen LogP contribution in [0.2, 0.25) is 0 Å². The molecule has 1 heterocycles. The van der Waals surface area contributed by atoms with Crippen LogP contribution in [0.1, 0.15) is 26.0 Å². The Balaban J connectivity index is 1.27. The van der Waals surface area contributed by atoms with Gasteiger partial charge in [0.05, 0.1) is 26.0 Å². The number of hydrogen-bond acceptors (Lipinski definition) is 1. The molecule has 0 spiro atoms. The summed E-state index contributed by atoms with van der Waals surface area (Å²) in [7, 11) is 0. The smallest absolute Gasteiger partial charge is 0.136 e. The van der Waals surface area contributed by atoms with Crippen LogP contribution in [0.15, 0.2) is 198 Å². The Morgan fingerprint density at radius 1 is 0.358 bits per heavy atom. The molecular formula is C52H32O. The third-order valence-corrected chi connectivity index (χ3v) is 9.62. The van der Waals surface area contributed by atoms with Crippen LogP contribution >= 0.6 is 0 Å². The second-order valence-corrected chi connectivity index (χ2v) is 12.5. The molecule has 0 N–H and O–H groups in total. The molecule has 1 nitrogen and oxygen atoms in total. The van der Waals surface area contributed by atoms with Gasteiger partial charge in [0.2, 0.25) is 0 Å². The number of benzene rings is 10. The van der Waals surface area contributed by atoms with E-state index in [0.29, 0.717) is 27.5 Å². The number of furan rings is 1. The first-order chi connectivity index (χ1) is 34.2. The van der Waals surface area contributed by atoms with Crippen LogP contribution in [-0.4, -0.2) is 0 Å². The molecule has 0 saturated heterocycles. The maximum absolute atomic E-state index is 9.84. The topological polar surface area (TPSA) is 13.1 Å². The predicted molar refractivity (Wildman–Crippen MR) is 225 cm³/mol. The van der Waals surface area contributed by atoms with Gasteiger partial charge in [-0.05, 0) is 118 Å². The van der Waals surface area contributed by atoms with Gasteiger partial charge >= 0.3 is 0 Å². The van der Waals surface area contributed by atoms with E-state index < -0.39 is 164 Å². The Bertz CT molecular complexity index is 4220. The first kappa shape index (κ1) is 16.6. The lowest BCUT2D eigenvalue weighted by atomic mass is 9.85. The van der Waals surface area contributed by atoms with Gasteiger partial charge in [-0.3, -0.25) is 0 Å². The first-order valence-corrected chi connectivity index (χ1v) is 16.7. The fraction of sp³-hybridized carbons (Fsp3) is 0. The summed E-state index contributed by atoms with van der Waals surface area (Å²) >= 11 is 0. The van der Waals surface area contributed by atoms with E-state index in [2.05, 4.69) is 0 Å². The van der Waals surface area contributed by atoms with Gasteiger partial charge in [-0.1, -0.05) is 163 Å². The molecule has 53 heavy (non-hydrogen) atoms. The van der Waals surface area contributed by atoms with E-state index in [4.69, 9.17) is 16.8 Å². The maximum Gasteiger partial charge on any atom is 0.136 e. The lowest BCUT2D eigenvalue weighted by Gasteiger charge is -2.18. The number of hydrogen-bond donors (Lipinski definition) is 0. The average molecular weight is 692 g/mol. The number of rotatable bonds is 4. The minimum Gasteiger partial charge on any atom is -0.456 e. The molecule has 0 radical (unpaired) electrons. The highest BCUT2D eigenvalue weighted by Gasteiger charge is 2.18. The van der Waals surface area contributed by atoms with Crippen LogP contribution in [-0.2, 0) is 0 Å². The Morgan fingerprint density at radius 2 is 0.962 bits per heavy atom. The highest BCUT2D eigenvalue weighted by atomic mass is 16.3. The number of fused-ring (bicyclic) bond motifs is 7. The molecule has 0 amide bonds. The van der Waals surface area contributed by atoms with Gasteiger partial charge in [0.25, 0.3) is 0 Å². The van der Waals surface area contributed by atoms with Gasteiger partial charge < -0.3 is 4.42 Å². The van der Waals surface area contributed by atoms with Gasteiger partial charge in [-0.25, -0.2) is 0 Å². The molecule has 0 aliphatic rings. The summed E-state index contributed by atoms with van der Waals surface area (Å²) in [5.74, 6) is 0. The molecule has 0 aliphatic heterocycles. The summed E-state index contributed by atoms with van der Waals surface area (Å²) in [4.78, 5) is 0. The van der Waals surface area contributed by atoms with E-state index in [0.717, 1.165) is 21.9 Å². The summed E-state index contributed by atoms with van der Waals surface area (Å²) in [5.41, 5.74) is 0.425. The second kappa shape index (κ2) is 11.8. The molecule has 1 heteroatoms. The zero-order valence-corrected chi connectivity index (χ0v) is 27.4. The van der Waals surface area contributed by atoms with Crippen molar-refractivity contribution in [3.8, 4) is 44.5 Å². The standard InChI is InChI=1S/C52H32O/c1-2-13-34(14-3-1)50-43-17-6-8-19-45(43)51(46-20-9-7-18-44(46)50)39-27-25-35-30-37(26-24-36(35)31-39)42-22-11-23-49-52(42)47-32-38(28-29-48(47)53-49)41-21-10-15-33-12-4-5-16-40(33)41/h1-32H/i1D,2D,3D,6D,7D,8D,9D,13D,14D,17D,18D,19D,20D,24D,25D,26D,27D,30D,31D. The minimum absolute atomic E-state index is 0.112. The zero-order chi connectivity index (χ0) is 51.4. The van der Waals surface area contributed by atoms with Crippen LogP contribution in [0.25, 0.3) is 110 Å². The third-order valence-electron chi connectivity index (χ3n) is 9.62. The van der Waals surface area contributed by atoms with E-state index in [1.54, 1.807) is 18.2 Å². The molecule has 0 saturated carbocycles. The molecule has 11 aromatic rings. The quantitative estimate of drug-likeness (QED) is 0.167. The fourth-order valence-electron chi connectivity index (χ4n) is 7.31. The van der Waals surface area contributed by atoms with Gasteiger partial charge in [0.1, 0.15) is 11.2 Å². The van der Waals surface area contributed by atoms with Crippen molar-refractivity contribution in [2.45, 2.75) is 0 Å². The van der Waals surface area contributed by atoms with Gasteiger partial charge in [0.15, 0.2) is 0 Å². The Labute approximate surface area is 333 Å². The van der Waals surface area contributed by atoms with Crippen molar-refractivity contribution in [1.29, 1.82) is 0 Å². The molecule has 0 unspecified atom stereocenters. The predicted octanol–water partition coefficient (Wildman–Crippen LogP) is 14.9. The van der Waals surface area contributed by atoms with E-state index in [9.17, 15) is 13.7 Å². The molecule has 246 valence electrons. The summed E-state index contributed by atoms with van der Waals surface area (Å²) in [6.07, 6.45) is 0. The van der Waals surface area contributed by atoms with Crippen LogP contribution < -0.4 is 0 Å². The third kappa shape index (κ3) is 4.71. The highest BCUT2D eigenvalue weighted by Crippen LogP contribution is 2.45. The molecule has 10 aromatic carbocycles. The van der Waals surface area contributed by atoms with Gasteiger partial charge in [0, 0.05) is 10.8 Å². The van der Waals surface area contributed by atoms with Crippen molar-refractivity contribution < 1.29 is 30.5 Å². The Kier molecular flexibility index (Phi) is 3.69. The van der Waals surface area contributed by atoms with Crippen molar-refractivity contribution in [2.24, 2.45) is 0 Å². The maximum atomic E-state index is 9.84. The van der Waals surface area contributed by atoms with Crippen LogP contribution in [0.3, 0.4) is 0 Å². The summed E-state index contributed by atoms with van der Waals surface area (Å²) < 4.78 is 180. The summed E-state index contributed by atoms with van der Waals surface area (Å²) in [6.45, 7) is 0. The second-order valence-electron chi connectivity index (χ2n) is 12.5. The molecule has 11 rings (SSSR count). The Morgan fingerprint density at radius 3 is 1.72 bits per heavy atom. The van der Waals surface area contributed by atoms with Crippen LogP contribution in [0, 0.1) is 0 Å².